The number of hydrogen-bond donors (Lipinski definition) is 0. The van der Waals surface area contributed by atoms with Gasteiger partial charge in [-0.1, -0.05) is 6.07 Å². The Morgan fingerprint density at radius 3 is 2.40 bits per heavy atom. The van der Waals surface area contributed by atoms with Crippen molar-refractivity contribution in [3.8, 4) is 11.3 Å². The third-order valence-corrected chi connectivity index (χ3v) is 5.43. The van der Waals surface area contributed by atoms with Gasteiger partial charge >= 0.3 is 0 Å². The molecule has 2 aromatic rings. The molecule has 2 heterocycles. The Hall–Kier alpha value is -2.29. The molecule has 1 aromatic heterocycles. The second-order valence-electron chi connectivity index (χ2n) is 7.46. The van der Waals surface area contributed by atoms with Gasteiger partial charge in [-0.3, -0.25) is 0 Å². The highest BCUT2D eigenvalue weighted by Crippen LogP contribution is 2.33. The van der Waals surface area contributed by atoms with Crippen LogP contribution in [0.4, 0.5) is 5.69 Å². The topological polar surface area (TPSA) is 10.4 Å². The third-order valence-electron chi connectivity index (χ3n) is 5.43. The summed E-state index contributed by atoms with van der Waals surface area (Å²) in [7, 11) is 2.13. The van der Waals surface area contributed by atoms with E-state index in [0.29, 0.717) is 12.2 Å². The van der Waals surface area contributed by atoms with E-state index in [-0.39, 0.29) is 0 Å². The van der Waals surface area contributed by atoms with Gasteiger partial charge in [0, 0.05) is 35.8 Å². The van der Waals surface area contributed by atoms with Gasteiger partial charge < -0.3 is 9.80 Å². The maximum absolute atomic E-state index is 2.39. The number of aromatic nitrogens is 1. The van der Waals surface area contributed by atoms with E-state index in [2.05, 4.69) is 106 Å². The van der Waals surface area contributed by atoms with Crippen molar-refractivity contribution >= 4 is 5.69 Å². The quantitative estimate of drug-likeness (QED) is 0.767. The maximum Gasteiger partial charge on any atom is 0.212 e. The third kappa shape index (κ3) is 3.04. The van der Waals surface area contributed by atoms with Crippen LogP contribution in [-0.2, 0) is 7.05 Å². The van der Waals surface area contributed by atoms with Crippen molar-refractivity contribution in [1.82, 2.24) is 4.90 Å². The molecular weight excluding hydrogens is 306 g/mol. The number of aryl methyl sites for hydroxylation is 3. The van der Waals surface area contributed by atoms with Gasteiger partial charge in [0.2, 0.25) is 5.69 Å². The molecule has 3 heteroatoms. The lowest BCUT2D eigenvalue weighted by Crippen LogP contribution is -2.39. The fourth-order valence-corrected chi connectivity index (χ4v) is 3.76. The van der Waals surface area contributed by atoms with Crippen LogP contribution in [-0.4, -0.2) is 17.1 Å². The molecule has 1 aliphatic rings. The largest absolute Gasteiger partial charge is 0.353 e. The van der Waals surface area contributed by atoms with Crippen molar-refractivity contribution in [3.63, 3.8) is 0 Å². The predicted molar refractivity (Wildman–Crippen MR) is 105 cm³/mol. The van der Waals surface area contributed by atoms with Gasteiger partial charge in [0.1, 0.15) is 13.2 Å². The minimum Gasteiger partial charge on any atom is -0.353 e. The van der Waals surface area contributed by atoms with Crippen LogP contribution in [0.3, 0.4) is 0 Å². The van der Waals surface area contributed by atoms with E-state index in [1.807, 2.05) is 0 Å². The Morgan fingerprint density at radius 2 is 1.76 bits per heavy atom. The van der Waals surface area contributed by atoms with Crippen LogP contribution in [0.25, 0.3) is 11.3 Å². The maximum atomic E-state index is 2.39. The van der Waals surface area contributed by atoms with Crippen LogP contribution in [0.2, 0.25) is 0 Å². The first-order valence-corrected chi connectivity index (χ1v) is 9.12. The molecule has 1 atom stereocenters. The number of benzene rings is 1. The van der Waals surface area contributed by atoms with Gasteiger partial charge in [0.25, 0.3) is 0 Å². The summed E-state index contributed by atoms with van der Waals surface area (Å²) in [4.78, 5) is 4.77. The summed E-state index contributed by atoms with van der Waals surface area (Å²) in [5.41, 5.74) is 7.82. The van der Waals surface area contributed by atoms with Crippen LogP contribution >= 0.6 is 0 Å². The Kier molecular flexibility index (Phi) is 4.59. The fraction of sp³-hybridized carbons (Fsp3) is 0.409. The number of anilines is 1. The lowest BCUT2D eigenvalue weighted by atomic mass is 10.00. The minimum absolute atomic E-state index is 0.336. The van der Waals surface area contributed by atoms with Gasteiger partial charge in [0.15, 0.2) is 6.20 Å². The second-order valence-corrected chi connectivity index (χ2v) is 7.46. The van der Waals surface area contributed by atoms with E-state index in [9.17, 15) is 0 Å². The average Bonchev–Trinajstić information content (AvgIpc) is 2.93. The van der Waals surface area contributed by atoms with Crippen molar-refractivity contribution in [2.45, 2.75) is 53.8 Å². The van der Waals surface area contributed by atoms with Gasteiger partial charge in [-0.25, -0.2) is 4.57 Å². The molecule has 3 nitrogen and oxygen atoms in total. The molecule has 1 aliphatic heterocycles. The van der Waals surface area contributed by atoms with Gasteiger partial charge in [-0.2, -0.15) is 0 Å². The summed E-state index contributed by atoms with van der Waals surface area (Å²) in [6, 6.07) is 9.42. The molecular formula is C22H30N3+. The zero-order chi connectivity index (χ0) is 18.3. The van der Waals surface area contributed by atoms with Crippen molar-refractivity contribution in [2.75, 3.05) is 4.90 Å². The second kappa shape index (κ2) is 6.55. The zero-order valence-electron chi connectivity index (χ0n) is 16.5. The molecule has 0 saturated heterocycles. The molecule has 0 unspecified atom stereocenters. The summed E-state index contributed by atoms with van der Waals surface area (Å²) >= 11 is 0. The number of hydrogen-bond acceptors (Lipinski definition) is 2. The van der Waals surface area contributed by atoms with Crippen LogP contribution in [0, 0.1) is 20.8 Å². The fourth-order valence-electron chi connectivity index (χ4n) is 3.76. The van der Waals surface area contributed by atoms with Gasteiger partial charge in [0.05, 0.1) is 5.56 Å². The molecule has 0 bridgehead atoms. The van der Waals surface area contributed by atoms with E-state index < -0.39 is 0 Å². The smallest absolute Gasteiger partial charge is 0.212 e. The molecule has 132 valence electrons. The average molecular weight is 337 g/mol. The van der Waals surface area contributed by atoms with Gasteiger partial charge in [-0.05, 0) is 64.8 Å². The summed E-state index contributed by atoms with van der Waals surface area (Å²) in [6.07, 6.45) is 6.96. The molecule has 0 amide bonds. The molecule has 3 rings (SSSR count). The van der Waals surface area contributed by atoms with Crippen LogP contribution in [0.1, 0.15) is 37.5 Å². The first kappa shape index (κ1) is 17.5. The van der Waals surface area contributed by atoms with Crippen molar-refractivity contribution in [2.24, 2.45) is 7.05 Å². The van der Waals surface area contributed by atoms with E-state index in [0.717, 1.165) is 0 Å². The summed E-state index contributed by atoms with van der Waals surface area (Å²) in [6.45, 7) is 13.3. The van der Waals surface area contributed by atoms with E-state index in [4.69, 9.17) is 0 Å². The summed E-state index contributed by atoms with van der Waals surface area (Å²) in [5, 5.41) is 0. The normalized spacial score (nSPS) is 17.0. The van der Waals surface area contributed by atoms with E-state index in [1.165, 1.54) is 33.6 Å². The highest BCUT2D eigenvalue weighted by atomic mass is 15.4. The Labute approximate surface area is 152 Å². The molecule has 0 spiro atoms. The van der Waals surface area contributed by atoms with Crippen LogP contribution in [0.15, 0.2) is 42.9 Å². The van der Waals surface area contributed by atoms with Crippen LogP contribution in [0.5, 0.6) is 0 Å². The lowest BCUT2D eigenvalue weighted by molar-refractivity contribution is -0.660. The molecule has 0 saturated carbocycles. The number of rotatable bonds is 3. The number of nitrogens with zero attached hydrogens (tertiary/aromatic N) is 3. The van der Waals surface area contributed by atoms with Crippen molar-refractivity contribution in [3.05, 3.63) is 59.6 Å². The molecule has 0 N–H and O–H groups in total. The van der Waals surface area contributed by atoms with E-state index in [1.54, 1.807) is 0 Å². The molecule has 0 aliphatic carbocycles. The lowest BCUT2D eigenvalue weighted by Gasteiger charge is -2.33. The molecule has 0 radical (unpaired) electrons. The zero-order valence-corrected chi connectivity index (χ0v) is 16.5. The highest BCUT2D eigenvalue weighted by molar-refractivity contribution is 5.72. The SMILES string of the molecule is Cc1cc(-c2cccc(N3C=CN(C(C)C)[C@H]3C)c2C)[n+](C)cc1C. The highest BCUT2D eigenvalue weighted by Gasteiger charge is 2.27. The Bertz CT molecular complexity index is 820. The molecule has 25 heavy (non-hydrogen) atoms. The first-order chi connectivity index (χ1) is 11.8. The predicted octanol–water partition coefficient (Wildman–Crippen LogP) is 4.45. The number of pyridine rings is 1. The van der Waals surface area contributed by atoms with E-state index >= 15 is 0 Å². The minimum atomic E-state index is 0.336. The monoisotopic (exact) mass is 336 g/mol. The van der Waals surface area contributed by atoms with Crippen LogP contribution < -0.4 is 9.47 Å². The van der Waals surface area contributed by atoms with Crippen molar-refractivity contribution in [1.29, 1.82) is 0 Å². The molecule has 0 fully saturated rings. The molecule has 1 aromatic carbocycles. The van der Waals surface area contributed by atoms with Crippen molar-refractivity contribution < 1.29 is 4.57 Å². The summed E-state index contributed by atoms with van der Waals surface area (Å²) in [5.74, 6) is 0. The van der Waals surface area contributed by atoms with Gasteiger partial charge in [-0.15, -0.1) is 0 Å². The standard InChI is InChI=1S/C22H30N3/c1-15(2)24-11-12-25(19(24)6)21-10-8-9-20(18(21)5)22-13-16(3)17(4)14-23(22)7/h8-15,19H,1-7H3/q+1/t19-/m1/s1. The Balaban J connectivity index is 2.05. The first-order valence-electron chi connectivity index (χ1n) is 9.12. The Morgan fingerprint density at radius 1 is 1.04 bits per heavy atom. The summed E-state index contributed by atoms with van der Waals surface area (Å²) < 4.78 is 2.23.